The minimum Gasteiger partial charge on any atom is -0.474 e. The van der Waals surface area contributed by atoms with Crippen LogP contribution >= 0.6 is 23.2 Å². The topological polar surface area (TPSA) is 95.8 Å². The Kier molecular flexibility index (Phi) is 9.71. The summed E-state index contributed by atoms with van der Waals surface area (Å²) in [6.07, 6.45) is 3.84. The summed E-state index contributed by atoms with van der Waals surface area (Å²) in [6.45, 7) is 8.65. The van der Waals surface area contributed by atoms with Crippen LogP contribution in [0.2, 0.25) is 10.0 Å². The molecule has 2 amide bonds. The van der Waals surface area contributed by atoms with Gasteiger partial charge < -0.3 is 19.3 Å². The van der Waals surface area contributed by atoms with Crippen LogP contribution in [-0.2, 0) is 9.53 Å². The van der Waals surface area contributed by atoms with Gasteiger partial charge in [-0.1, -0.05) is 29.3 Å². The lowest BCUT2D eigenvalue weighted by Crippen LogP contribution is -2.44. The number of halogens is 2. The van der Waals surface area contributed by atoms with Crippen LogP contribution in [0.1, 0.15) is 70.4 Å². The third-order valence-electron chi connectivity index (χ3n) is 8.10. The second-order valence-corrected chi connectivity index (χ2v) is 12.9. The van der Waals surface area contributed by atoms with Crippen molar-refractivity contribution in [3.63, 3.8) is 0 Å². The van der Waals surface area contributed by atoms with Crippen molar-refractivity contribution in [2.45, 2.75) is 77.0 Å². The summed E-state index contributed by atoms with van der Waals surface area (Å²) in [5.74, 6) is 0.462. The van der Waals surface area contributed by atoms with E-state index in [2.05, 4.69) is 11.1 Å². The Morgan fingerprint density at radius 3 is 2.39 bits per heavy atom. The van der Waals surface area contributed by atoms with Crippen molar-refractivity contribution in [1.82, 2.24) is 14.8 Å². The van der Waals surface area contributed by atoms with E-state index in [4.69, 9.17) is 37.9 Å². The zero-order valence-corrected chi connectivity index (χ0v) is 25.8. The van der Waals surface area contributed by atoms with E-state index in [1.807, 2.05) is 44.7 Å². The van der Waals surface area contributed by atoms with E-state index in [1.165, 1.54) is 6.20 Å². The molecule has 3 unspecified atom stereocenters. The fourth-order valence-corrected chi connectivity index (χ4v) is 6.13. The Labute approximate surface area is 252 Å². The highest BCUT2D eigenvalue weighted by Crippen LogP contribution is 2.40. The molecule has 10 heteroatoms. The zero-order valence-electron chi connectivity index (χ0n) is 24.3. The molecule has 4 rings (SSSR count). The summed E-state index contributed by atoms with van der Waals surface area (Å²) in [5, 5.41) is 10.0. The Balaban J connectivity index is 1.45. The number of amides is 2. The first-order valence-electron chi connectivity index (χ1n) is 14.1. The van der Waals surface area contributed by atoms with Crippen LogP contribution in [0.4, 0.5) is 4.79 Å². The van der Waals surface area contributed by atoms with E-state index in [0.29, 0.717) is 34.6 Å². The highest BCUT2D eigenvalue weighted by Gasteiger charge is 2.43. The fourth-order valence-electron chi connectivity index (χ4n) is 5.83. The summed E-state index contributed by atoms with van der Waals surface area (Å²) in [5.41, 5.74) is 0.918. The van der Waals surface area contributed by atoms with E-state index in [1.54, 1.807) is 30.1 Å². The third kappa shape index (κ3) is 7.64. The Hall–Kier alpha value is -3.02. The van der Waals surface area contributed by atoms with Crippen molar-refractivity contribution in [3.05, 3.63) is 57.7 Å². The van der Waals surface area contributed by atoms with Crippen LogP contribution in [0, 0.1) is 23.2 Å². The molecule has 1 aromatic carbocycles. The van der Waals surface area contributed by atoms with Gasteiger partial charge in [0.05, 0.1) is 15.6 Å². The van der Waals surface area contributed by atoms with E-state index < -0.39 is 5.60 Å². The molecule has 2 fully saturated rings. The van der Waals surface area contributed by atoms with Gasteiger partial charge in [0.1, 0.15) is 17.8 Å². The largest absolute Gasteiger partial charge is 0.474 e. The average molecular weight is 602 g/mol. The van der Waals surface area contributed by atoms with Crippen molar-refractivity contribution < 1.29 is 19.1 Å². The number of rotatable bonds is 6. The Bertz CT molecular complexity index is 1280. The van der Waals surface area contributed by atoms with Crippen molar-refractivity contribution in [2.24, 2.45) is 11.8 Å². The third-order valence-corrected chi connectivity index (χ3v) is 8.84. The molecule has 41 heavy (non-hydrogen) atoms. The Morgan fingerprint density at radius 2 is 1.80 bits per heavy atom. The number of nitriles is 1. The SMILES string of the molecule is CC(Oc1ccc(C#N)cn1)C1CN(C(=O)C2CCC(N(C)C(=O)OC(C)(C)C)CC2)CC1c1ccc(Cl)c(Cl)c1. The molecule has 0 radical (unpaired) electrons. The van der Waals surface area contributed by atoms with Gasteiger partial charge in [-0.15, -0.1) is 0 Å². The first kappa shape index (κ1) is 30.9. The molecule has 2 aromatic rings. The molecule has 220 valence electrons. The zero-order chi connectivity index (χ0) is 29.9. The molecule has 1 aliphatic carbocycles. The number of likely N-dealkylation sites (tertiary alicyclic amines) is 1. The number of hydrogen-bond donors (Lipinski definition) is 0. The fraction of sp³-hybridized carbons (Fsp3) is 0.548. The summed E-state index contributed by atoms with van der Waals surface area (Å²) >= 11 is 12.6. The lowest BCUT2D eigenvalue weighted by atomic mass is 9.84. The number of nitrogens with zero attached hydrogens (tertiary/aromatic N) is 4. The Morgan fingerprint density at radius 1 is 1.10 bits per heavy atom. The van der Waals surface area contributed by atoms with Gasteiger partial charge in [-0.05, 0) is 77.1 Å². The molecular formula is C31H38Cl2N4O4. The molecular weight excluding hydrogens is 563 g/mol. The highest BCUT2D eigenvalue weighted by molar-refractivity contribution is 6.42. The quantitative estimate of drug-likeness (QED) is 0.366. The highest BCUT2D eigenvalue weighted by atomic mass is 35.5. The predicted molar refractivity (Wildman–Crippen MR) is 158 cm³/mol. The monoisotopic (exact) mass is 600 g/mol. The minimum atomic E-state index is -0.549. The van der Waals surface area contributed by atoms with E-state index in [0.717, 1.165) is 31.2 Å². The van der Waals surface area contributed by atoms with E-state index in [-0.39, 0.29) is 41.9 Å². The lowest BCUT2D eigenvalue weighted by Gasteiger charge is -2.36. The number of benzene rings is 1. The number of pyridine rings is 1. The smallest absolute Gasteiger partial charge is 0.410 e. The van der Waals surface area contributed by atoms with Crippen LogP contribution < -0.4 is 4.74 Å². The van der Waals surface area contributed by atoms with Crippen LogP contribution in [0.5, 0.6) is 5.88 Å². The standard InChI is InChI=1S/C31H38Cl2N4O4/c1-19(40-28-13-6-20(15-34)16-35-28)24-17-37(18-25(24)22-9-12-26(32)27(33)14-22)29(38)21-7-10-23(11-8-21)36(5)30(39)41-31(2,3)4/h6,9,12-14,16,19,21,23-25H,7-8,10-11,17-18H2,1-5H3. The molecule has 0 bridgehead atoms. The molecule has 1 aromatic heterocycles. The molecule has 2 aliphatic rings. The van der Waals surface area contributed by atoms with Gasteiger partial charge in [0.25, 0.3) is 0 Å². The van der Waals surface area contributed by atoms with Crippen molar-refractivity contribution in [3.8, 4) is 11.9 Å². The number of aromatic nitrogens is 1. The first-order chi connectivity index (χ1) is 19.4. The molecule has 2 heterocycles. The second-order valence-electron chi connectivity index (χ2n) is 12.1. The normalized spacial score (nSPS) is 23.4. The minimum absolute atomic E-state index is 0.00302. The molecule has 1 aliphatic heterocycles. The van der Waals surface area contributed by atoms with Crippen LogP contribution in [-0.4, -0.2) is 64.7 Å². The summed E-state index contributed by atoms with van der Waals surface area (Å²) < 4.78 is 11.7. The summed E-state index contributed by atoms with van der Waals surface area (Å²) in [4.78, 5) is 34.2. The maximum atomic E-state index is 13.8. The maximum Gasteiger partial charge on any atom is 0.410 e. The molecule has 1 saturated heterocycles. The van der Waals surface area contributed by atoms with Gasteiger partial charge in [0.2, 0.25) is 11.8 Å². The average Bonchev–Trinajstić information content (AvgIpc) is 3.39. The molecule has 1 saturated carbocycles. The van der Waals surface area contributed by atoms with Crippen LogP contribution in [0.25, 0.3) is 0 Å². The van der Waals surface area contributed by atoms with Gasteiger partial charge >= 0.3 is 6.09 Å². The van der Waals surface area contributed by atoms with Gasteiger partial charge in [-0.2, -0.15) is 5.26 Å². The van der Waals surface area contributed by atoms with Gasteiger partial charge in [0.15, 0.2) is 0 Å². The van der Waals surface area contributed by atoms with E-state index in [9.17, 15) is 9.59 Å². The molecule has 0 N–H and O–H groups in total. The van der Waals surface area contributed by atoms with Crippen molar-refractivity contribution >= 4 is 35.2 Å². The summed E-state index contributed by atoms with van der Waals surface area (Å²) in [6, 6.07) is 11.1. The first-order valence-corrected chi connectivity index (χ1v) is 14.8. The van der Waals surface area contributed by atoms with Crippen molar-refractivity contribution in [1.29, 1.82) is 5.26 Å². The van der Waals surface area contributed by atoms with Gasteiger partial charge in [0, 0.05) is 56.2 Å². The van der Waals surface area contributed by atoms with Crippen LogP contribution in [0.3, 0.4) is 0 Å². The number of hydrogen-bond acceptors (Lipinski definition) is 6. The molecule has 3 atom stereocenters. The second kappa shape index (κ2) is 12.9. The molecule has 0 spiro atoms. The van der Waals surface area contributed by atoms with Gasteiger partial charge in [-0.25, -0.2) is 9.78 Å². The van der Waals surface area contributed by atoms with E-state index >= 15 is 0 Å². The predicted octanol–water partition coefficient (Wildman–Crippen LogP) is 6.70. The lowest BCUT2D eigenvalue weighted by molar-refractivity contribution is -0.136. The number of ether oxygens (including phenoxy) is 2. The number of carbonyl (C=O) groups is 2. The van der Waals surface area contributed by atoms with Gasteiger partial charge in [-0.3, -0.25) is 4.79 Å². The number of carbonyl (C=O) groups excluding carboxylic acids is 2. The summed E-state index contributed by atoms with van der Waals surface area (Å²) in [7, 11) is 1.78. The van der Waals surface area contributed by atoms with Crippen molar-refractivity contribution in [2.75, 3.05) is 20.1 Å². The maximum absolute atomic E-state index is 13.8. The van der Waals surface area contributed by atoms with Crippen LogP contribution in [0.15, 0.2) is 36.5 Å². The molecule has 8 nitrogen and oxygen atoms in total.